The molecule has 0 radical (unpaired) electrons. The number of ketones is 1. The van der Waals surface area contributed by atoms with Crippen molar-refractivity contribution in [3.63, 3.8) is 0 Å². The summed E-state index contributed by atoms with van der Waals surface area (Å²) in [4.78, 5) is 25.9. The van der Waals surface area contributed by atoms with Gasteiger partial charge in [-0.3, -0.25) is 14.5 Å². The first-order valence-corrected chi connectivity index (χ1v) is 7.45. The lowest BCUT2D eigenvalue weighted by Gasteiger charge is -2.20. The molecule has 0 saturated heterocycles. The topological polar surface area (TPSA) is 49.4 Å². The smallest absolute Gasteiger partial charge is 0.234 e. The van der Waals surface area contributed by atoms with Gasteiger partial charge in [-0.2, -0.15) is 0 Å². The minimum Gasteiger partial charge on any atom is -0.353 e. The molecule has 0 aliphatic rings. The second kappa shape index (κ2) is 7.93. The Bertz CT molecular complexity index is 510. The molecule has 0 spiro atoms. The third kappa shape index (κ3) is 5.68. The summed E-state index contributed by atoms with van der Waals surface area (Å²) in [7, 11) is 0. The highest BCUT2D eigenvalue weighted by molar-refractivity contribution is 5.98. The molecule has 21 heavy (non-hydrogen) atoms. The van der Waals surface area contributed by atoms with Crippen LogP contribution in [0.1, 0.15) is 42.3 Å². The molecule has 1 aromatic carbocycles. The van der Waals surface area contributed by atoms with Crippen LogP contribution in [0.5, 0.6) is 0 Å². The fraction of sp³-hybridized carbons (Fsp3) is 0.529. The zero-order valence-electron chi connectivity index (χ0n) is 13.7. The van der Waals surface area contributed by atoms with E-state index in [1.54, 1.807) is 0 Å². The number of carbonyl (C=O) groups is 2. The molecule has 0 aromatic heterocycles. The highest BCUT2D eigenvalue weighted by Gasteiger charge is 2.15. The zero-order valence-corrected chi connectivity index (χ0v) is 13.7. The number of likely N-dealkylation sites (N-methyl/N-ethyl adjacent to an activating group) is 1. The van der Waals surface area contributed by atoms with E-state index in [1.807, 2.05) is 57.7 Å². The van der Waals surface area contributed by atoms with Gasteiger partial charge in [-0.15, -0.1) is 0 Å². The van der Waals surface area contributed by atoms with Crippen molar-refractivity contribution in [1.29, 1.82) is 0 Å². The number of benzene rings is 1. The molecule has 0 heterocycles. The maximum Gasteiger partial charge on any atom is 0.234 e. The van der Waals surface area contributed by atoms with Gasteiger partial charge in [0.05, 0.1) is 13.1 Å². The van der Waals surface area contributed by atoms with Crippen LogP contribution >= 0.6 is 0 Å². The molecule has 0 fully saturated rings. The van der Waals surface area contributed by atoms with Gasteiger partial charge >= 0.3 is 0 Å². The maximum absolute atomic E-state index is 12.3. The quantitative estimate of drug-likeness (QED) is 0.784. The monoisotopic (exact) mass is 290 g/mol. The van der Waals surface area contributed by atoms with Crippen molar-refractivity contribution in [1.82, 2.24) is 10.2 Å². The van der Waals surface area contributed by atoms with Gasteiger partial charge in [0.1, 0.15) is 0 Å². The lowest BCUT2D eigenvalue weighted by Crippen LogP contribution is -2.41. The second-order valence-corrected chi connectivity index (χ2v) is 5.75. The average Bonchev–Trinajstić information content (AvgIpc) is 2.39. The minimum absolute atomic E-state index is 0.0419. The van der Waals surface area contributed by atoms with Crippen LogP contribution in [0.15, 0.2) is 18.2 Å². The van der Waals surface area contributed by atoms with Crippen LogP contribution in [0.2, 0.25) is 0 Å². The van der Waals surface area contributed by atoms with Gasteiger partial charge in [0, 0.05) is 11.6 Å². The molecule has 1 amide bonds. The SMILES string of the molecule is CCN(CC(=O)NC(C)C)CC(=O)c1ccc(C)c(C)c1. The number of nitrogens with one attached hydrogen (secondary N) is 1. The van der Waals surface area contributed by atoms with E-state index in [2.05, 4.69) is 5.32 Å². The van der Waals surface area contributed by atoms with Gasteiger partial charge in [-0.05, 0) is 51.4 Å². The Kier molecular flexibility index (Phi) is 6.56. The first-order valence-electron chi connectivity index (χ1n) is 7.45. The van der Waals surface area contributed by atoms with Crippen LogP contribution in [0.4, 0.5) is 0 Å². The number of rotatable bonds is 7. The molecule has 0 bridgehead atoms. The molecule has 116 valence electrons. The summed E-state index contributed by atoms with van der Waals surface area (Å²) in [5.74, 6) is 0.0111. The van der Waals surface area contributed by atoms with Gasteiger partial charge in [0.25, 0.3) is 0 Å². The summed E-state index contributed by atoms with van der Waals surface area (Å²) in [6.45, 7) is 11.0. The van der Waals surface area contributed by atoms with Crippen molar-refractivity contribution in [2.75, 3.05) is 19.6 Å². The molecule has 0 aliphatic heterocycles. The number of carbonyl (C=O) groups excluding carboxylic acids is 2. The van der Waals surface area contributed by atoms with Crippen molar-refractivity contribution in [3.05, 3.63) is 34.9 Å². The predicted octanol–water partition coefficient (Wildman–Crippen LogP) is 2.33. The summed E-state index contributed by atoms with van der Waals surface area (Å²) in [6.07, 6.45) is 0. The summed E-state index contributed by atoms with van der Waals surface area (Å²) >= 11 is 0. The number of aryl methyl sites for hydroxylation is 2. The second-order valence-electron chi connectivity index (χ2n) is 5.75. The third-order valence-electron chi connectivity index (χ3n) is 3.46. The fourth-order valence-electron chi connectivity index (χ4n) is 2.06. The molecule has 0 saturated carbocycles. The summed E-state index contributed by atoms with van der Waals surface area (Å²) in [5.41, 5.74) is 3.00. The van der Waals surface area contributed by atoms with Crippen LogP contribution in [0.3, 0.4) is 0 Å². The van der Waals surface area contributed by atoms with Crippen LogP contribution in [-0.4, -0.2) is 42.3 Å². The van der Waals surface area contributed by atoms with E-state index < -0.39 is 0 Å². The molecule has 1 N–H and O–H groups in total. The van der Waals surface area contributed by atoms with E-state index in [0.29, 0.717) is 12.1 Å². The van der Waals surface area contributed by atoms with Crippen molar-refractivity contribution in [3.8, 4) is 0 Å². The van der Waals surface area contributed by atoms with Gasteiger partial charge in [0.15, 0.2) is 5.78 Å². The zero-order chi connectivity index (χ0) is 16.0. The van der Waals surface area contributed by atoms with Crippen molar-refractivity contribution >= 4 is 11.7 Å². The number of hydrogen-bond acceptors (Lipinski definition) is 3. The molecule has 4 nitrogen and oxygen atoms in total. The van der Waals surface area contributed by atoms with E-state index in [-0.39, 0.29) is 30.8 Å². The Morgan fingerprint density at radius 3 is 2.33 bits per heavy atom. The van der Waals surface area contributed by atoms with E-state index in [0.717, 1.165) is 5.56 Å². The van der Waals surface area contributed by atoms with Gasteiger partial charge < -0.3 is 5.32 Å². The molecule has 0 unspecified atom stereocenters. The first-order chi connectivity index (χ1) is 9.83. The van der Waals surface area contributed by atoms with Crippen LogP contribution in [0.25, 0.3) is 0 Å². The largest absolute Gasteiger partial charge is 0.353 e. The Hall–Kier alpha value is -1.68. The Morgan fingerprint density at radius 1 is 1.14 bits per heavy atom. The van der Waals surface area contributed by atoms with E-state index in [1.165, 1.54) is 5.56 Å². The summed E-state index contributed by atoms with van der Waals surface area (Å²) < 4.78 is 0. The molecule has 0 atom stereocenters. The number of nitrogens with zero attached hydrogens (tertiary/aromatic N) is 1. The Morgan fingerprint density at radius 2 is 1.81 bits per heavy atom. The Balaban J connectivity index is 2.65. The van der Waals surface area contributed by atoms with Gasteiger partial charge in [-0.1, -0.05) is 19.1 Å². The highest BCUT2D eigenvalue weighted by Crippen LogP contribution is 2.11. The highest BCUT2D eigenvalue weighted by atomic mass is 16.2. The van der Waals surface area contributed by atoms with E-state index >= 15 is 0 Å². The van der Waals surface area contributed by atoms with Crippen molar-refractivity contribution in [2.45, 2.75) is 40.7 Å². The summed E-state index contributed by atoms with van der Waals surface area (Å²) in [6, 6.07) is 5.85. The molecule has 0 aliphatic carbocycles. The lowest BCUT2D eigenvalue weighted by atomic mass is 10.0. The standard InChI is InChI=1S/C17H26N2O2/c1-6-19(11-17(21)18-12(2)3)10-16(20)15-8-7-13(4)14(5)9-15/h7-9,12H,6,10-11H2,1-5H3,(H,18,21). The van der Waals surface area contributed by atoms with E-state index in [9.17, 15) is 9.59 Å². The number of hydrogen-bond donors (Lipinski definition) is 1. The molecule has 1 aromatic rings. The molecule has 1 rings (SSSR count). The molecule has 4 heteroatoms. The van der Waals surface area contributed by atoms with Gasteiger partial charge in [0.2, 0.25) is 5.91 Å². The first kappa shape index (κ1) is 17.4. The average molecular weight is 290 g/mol. The van der Waals surface area contributed by atoms with E-state index in [4.69, 9.17) is 0 Å². The van der Waals surface area contributed by atoms with Gasteiger partial charge in [-0.25, -0.2) is 0 Å². The van der Waals surface area contributed by atoms with Crippen LogP contribution < -0.4 is 5.32 Å². The summed E-state index contributed by atoms with van der Waals surface area (Å²) in [5, 5.41) is 2.85. The number of Topliss-reactive ketones (excluding diaryl/α,β-unsaturated/α-hetero) is 1. The third-order valence-corrected chi connectivity index (χ3v) is 3.46. The Labute approximate surface area is 127 Å². The van der Waals surface area contributed by atoms with Crippen LogP contribution in [-0.2, 0) is 4.79 Å². The van der Waals surface area contributed by atoms with Crippen molar-refractivity contribution in [2.24, 2.45) is 0 Å². The normalized spacial score (nSPS) is 11.0. The lowest BCUT2D eigenvalue weighted by molar-refractivity contribution is -0.122. The van der Waals surface area contributed by atoms with Crippen molar-refractivity contribution < 1.29 is 9.59 Å². The molecular formula is C17H26N2O2. The predicted molar refractivity (Wildman–Crippen MR) is 85.6 cm³/mol. The number of amides is 1. The van der Waals surface area contributed by atoms with Crippen LogP contribution in [0, 0.1) is 13.8 Å². The fourth-order valence-corrected chi connectivity index (χ4v) is 2.06. The molecular weight excluding hydrogens is 264 g/mol. The maximum atomic E-state index is 12.3. The minimum atomic E-state index is -0.0419.